The molecule has 2 rings (SSSR count). The number of benzene rings is 2. The minimum absolute atomic E-state index is 0.0816. The minimum Gasteiger partial charge on any atom is -0.454 e. The fourth-order valence-electron chi connectivity index (χ4n) is 1.49. The summed E-state index contributed by atoms with van der Waals surface area (Å²) in [4.78, 5) is 0. The highest BCUT2D eigenvalue weighted by atomic mass is 19.1. The molecule has 18 heavy (non-hydrogen) atoms. The quantitative estimate of drug-likeness (QED) is 0.821. The standard InChI is InChI=1S/C14H11FN2O/c1-9-6-11(3-4-13(9)17)18-14-5-2-10(8-16)7-12(14)15/h2-7H,17H2,1H3. The predicted molar refractivity (Wildman–Crippen MR) is 66.8 cm³/mol. The molecule has 0 atom stereocenters. The third-order valence-corrected chi connectivity index (χ3v) is 2.53. The molecule has 0 fully saturated rings. The lowest BCUT2D eigenvalue weighted by Gasteiger charge is -2.08. The molecule has 0 heterocycles. The number of halogens is 1. The van der Waals surface area contributed by atoms with Crippen LogP contribution in [0.2, 0.25) is 0 Å². The van der Waals surface area contributed by atoms with E-state index in [4.69, 9.17) is 15.7 Å². The highest BCUT2D eigenvalue weighted by Crippen LogP contribution is 2.27. The second-order valence-electron chi connectivity index (χ2n) is 3.88. The van der Waals surface area contributed by atoms with Gasteiger partial charge in [0, 0.05) is 5.69 Å². The van der Waals surface area contributed by atoms with E-state index in [1.165, 1.54) is 12.1 Å². The van der Waals surface area contributed by atoms with Gasteiger partial charge in [-0.25, -0.2) is 4.39 Å². The van der Waals surface area contributed by atoms with Crippen molar-refractivity contribution >= 4 is 5.69 Å². The molecule has 0 unspecified atom stereocenters. The van der Waals surface area contributed by atoms with Crippen LogP contribution >= 0.6 is 0 Å². The summed E-state index contributed by atoms with van der Waals surface area (Å²) in [5.74, 6) is 0.0204. The zero-order valence-electron chi connectivity index (χ0n) is 9.77. The van der Waals surface area contributed by atoms with Crippen molar-refractivity contribution in [3.05, 3.63) is 53.3 Å². The zero-order valence-corrected chi connectivity index (χ0v) is 9.77. The third kappa shape index (κ3) is 2.41. The number of nitriles is 1. The highest BCUT2D eigenvalue weighted by molar-refractivity contribution is 5.50. The zero-order chi connectivity index (χ0) is 13.1. The molecule has 2 aromatic rings. The Hall–Kier alpha value is -2.54. The van der Waals surface area contributed by atoms with Crippen molar-refractivity contribution in [3.63, 3.8) is 0 Å². The van der Waals surface area contributed by atoms with Gasteiger partial charge in [-0.15, -0.1) is 0 Å². The summed E-state index contributed by atoms with van der Waals surface area (Å²) in [7, 11) is 0. The molecule has 2 N–H and O–H groups in total. The van der Waals surface area contributed by atoms with Crippen LogP contribution < -0.4 is 10.5 Å². The van der Waals surface area contributed by atoms with Gasteiger partial charge in [0.1, 0.15) is 5.75 Å². The van der Waals surface area contributed by atoms with E-state index in [1.54, 1.807) is 18.2 Å². The second-order valence-corrected chi connectivity index (χ2v) is 3.88. The predicted octanol–water partition coefficient (Wildman–Crippen LogP) is 3.38. The maximum Gasteiger partial charge on any atom is 0.167 e. The summed E-state index contributed by atoms with van der Waals surface area (Å²) in [6, 6.07) is 11.0. The van der Waals surface area contributed by atoms with Crippen LogP contribution in [-0.2, 0) is 0 Å². The summed E-state index contributed by atoms with van der Waals surface area (Å²) < 4.78 is 19.0. The first-order chi connectivity index (χ1) is 8.60. The number of aryl methyl sites for hydroxylation is 1. The van der Waals surface area contributed by atoms with Gasteiger partial charge in [-0.05, 0) is 48.9 Å². The van der Waals surface area contributed by atoms with Crippen molar-refractivity contribution in [2.45, 2.75) is 6.92 Å². The fraction of sp³-hybridized carbons (Fsp3) is 0.0714. The number of nitrogen functional groups attached to an aromatic ring is 1. The van der Waals surface area contributed by atoms with Crippen molar-refractivity contribution in [2.24, 2.45) is 0 Å². The maximum absolute atomic E-state index is 13.6. The molecule has 0 aromatic heterocycles. The van der Waals surface area contributed by atoms with Crippen LogP contribution in [-0.4, -0.2) is 0 Å². The summed E-state index contributed by atoms with van der Waals surface area (Å²) in [6.07, 6.45) is 0. The van der Waals surface area contributed by atoms with Crippen LogP contribution in [0.3, 0.4) is 0 Å². The first-order valence-electron chi connectivity index (χ1n) is 5.34. The average Bonchev–Trinajstić information content (AvgIpc) is 2.36. The molecular weight excluding hydrogens is 231 g/mol. The molecule has 3 nitrogen and oxygen atoms in total. The molecule has 0 aliphatic carbocycles. The lowest BCUT2D eigenvalue weighted by Crippen LogP contribution is -1.92. The van der Waals surface area contributed by atoms with Gasteiger partial charge in [0.05, 0.1) is 11.6 Å². The van der Waals surface area contributed by atoms with E-state index in [0.717, 1.165) is 11.6 Å². The number of nitrogens with two attached hydrogens (primary N) is 1. The van der Waals surface area contributed by atoms with Gasteiger partial charge in [0.15, 0.2) is 11.6 Å². The Kier molecular flexibility index (Phi) is 3.16. The summed E-state index contributed by atoms with van der Waals surface area (Å²) in [5.41, 5.74) is 7.46. The van der Waals surface area contributed by atoms with Crippen LogP contribution in [0.5, 0.6) is 11.5 Å². The van der Waals surface area contributed by atoms with Crippen molar-refractivity contribution < 1.29 is 9.13 Å². The summed E-state index contributed by atoms with van der Waals surface area (Å²) in [6.45, 7) is 1.84. The van der Waals surface area contributed by atoms with Gasteiger partial charge in [-0.2, -0.15) is 5.26 Å². The van der Waals surface area contributed by atoms with E-state index in [0.29, 0.717) is 11.4 Å². The topological polar surface area (TPSA) is 59.0 Å². The summed E-state index contributed by atoms with van der Waals surface area (Å²) >= 11 is 0. The lowest BCUT2D eigenvalue weighted by molar-refractivity contribution is 0.442. The number of hydrogen-bond acceptors (Lipinski definition) is 3. The number of anilines is 1. The first kappa shape index (κ1) is 11.9. The molecule has 0 saturated carbocycles. The molecule has 4 heteroatoms. The molecule has 2 aromatic carbocycles. The van der Waals surface area contributed by atoms with E-state index in [1.807, 2.05) is 13.0 Å². The van der Waals surface area contributed by atoms with E-state index >= 15 is 0 Å². The van der Waals surface area contributed by atoms with Gasteiger partial charge in [-0.1, -0.05) is 0 Å². The molecule has 0 aliphatic rings. The number of rotatable bonds is 2. The van der Waals surface area contributed by atoms with Crippen molar-refractivity contribution in [2.75, 3.05) is 5.73 Å². The van der Waals surface area contributed by atoms with Gasteiger partial charge in [0.25, 0.3) is 0 Å². The molecule has 0 saturated heterocycles. The van der Waals surface area contributed by atoms with Crippen molar-refractivity contribution in [1.29, 1.82) is 5.26 Å². The van der Waals surface area contributed by atoms with Crippen LogP contribution in [0.4, 0.5) is 10.1 Å². The Labute approximate surface area is 104 Å². The van der Waals surface area contributed by atoms with Crippen molar-refractivity contribution in [1.82, 2.24) is 0 Å². The molecule has 0 amide bonds. The van der Waals surface area contributed by atoms with Crippen LogP contribution in [0.25, 0.3) is 0 Å². The van der Waals surface area contributed by atoms with E-state index in [9.17, 15) is 4.39 Å². The van der Waals surface area contributed by atoms with Crippen LogP contribution in [0.1, 0.15) is 11.1 Å². The SMILES string of the molecule is Cc1cc(Oc2ccc(C#N)cc2F)ccc1N. The fourth-order valence-corrected chi connectivity index (χ4v) is 1.49. The molecule has 0 aliphatic heterocycles. The monoisotopic (exact) mass is 242 g/mol. The van der Waals surface area contributed by atoms with E-state index in [-0.39, 0.29) is 11.3 Å². The number of hydrogen-bond donors (Lipinski definition) is 1. The summed E-state index contributed by atoms with van der Waals surface area (Å²) in [5, 5.41) is 8.64. The third-order valence-electron chi connectivity index (χ3n) is 2.53. The largest absolute Gasteiger partial charge is 0.454 e. The van der Waals surface area contributed by atoms with Crippen molar-refractivity contribution in [3.8, 4) is 17.6 Å². The van der Waals surface area contributed by atoms with E-state index in [2.05, 4.69) is 0 Å². The minimum atomic E-state index is -0.566. The molecule has 0 spiro atoms. The van der Waals surface area contributed by atoms with E-state index < -0.39 is 5.82 Å². The normalized spacial score (nSPS) is 9.83. The molecule has 0 radical (unpaired) electrons. The van der Waals surface area contributed by atoms with Crippen LogP contribution in [0.15, 0.2) is 36.4 Å². The molecular formula is C14H11FN2O. The van der Waals surface area contributed by atoms with Gasteiger partial charge >= 0.3 is 0 Å². The Bertz CT molecular complexity index is 632. The Balaban J connectivity index is 2.29. The number of ether oxygens (including phenoxy) is 1. The van der Waals surface area contributed by atoms with Gasteiger partial charge in [-0.3, -0.25) is 0 Å². The smallest absolute Gasteiger partial charge is 0.167 e. The van der Waals surface area contributed by atoms with Gasteiger partial charge in [0.2, 0.25) is 0 Å². The Morgan fingerprint density at radius 2 is 2.00 bits per heavy atom. The number of nitrogens with zero attached hydrogens (tertiary/aromatic N) is 1. The maximum atomic E-state index is 13.6. The van der Waals surface area contributed by atoms with Crippen LogP contribution in [0, 0.1) is 24.1 Å². The van der Waals surface area contributed by atoms with Gasteiger partial charge < -0.3 is 10.5 Å². The molecule has 0 bridgehead atoms. The second kappa shape index (κ2) is 4.76. The Morgan fingerprint density at radius 3 is 2.61 bits per heavy atom. The highest BCUT2D eigenvalue weighted by Gasteiger charge is 2.06. The molecule has 90 valence electrons. The average molecular weight is 242 g/mol. The first-order valence-corrected chi connectivity index (χ1v) is 5.34. The Morgan fingerprint density at radius 1 is 1.22 bits per heavy atom. The lowest BCUT2D eigenvalue weighted by atomic mass is 10.2.